The summed E-state index contributed by atoms with van der Waals surface area (Å²) in [6.07, 6.45) is 0.761. The quantitative estimate of drug-likeness (QED) is 0.402. The lowest BCUT2D eigenvalue weighted by Gasteiger charge is -2.11. The molecule has 0 amide bonds. The Hall–Kier alpha value is -3.68. The Bertz CT molecular complexity index is 1200. The van der Waals surface area contributed by atoms with Crippen molar-refractivity contribution in [2.45, 2.75) is 12.7 Å². The molecule has 0 spiro atoms. The highest BCUT2D eigenvalue weighted by Crippen LogP contribution is 2.30. The number of benzene rings is 2. The number of hydrogen-bond acceptors (Lipinski definition) is 3. The van der Waals surface area contributed by atoms with Crippen LogP contribution in [0.5, 0.6) is 0 Å². The van der Waals surface area contributed by atoms with Gasteiger partial charge in [-0.2, -0.15) is 18.3 Å². The number of aromatic amines is 1. The van der Waals surface area contributed by atoms with Gasteiger partial charge in [-0.15, -0.1) is 0 Å². The van der Waals surface area contributed by atoms with Gasteiger partial charge in [0.1, 0.15) is 5.82 Å². The van der Waals surface area contributed by atoms with Crippen molar-refractivity contribution in [3.63, 3.8) is 0 Å². The van der Waals surface area contributed by atoms with Crippen LogP contribution in [0.2, 0.25) is 0 Å². The molecule has 4 aromatic rings. The first kappa shape index (κ1) is 19.6. The van der Waals surface area contributed by atoms with Gasteiger partial charge in [-0.25, -0.2) is 4.39 Å². The molecule has 152 valence electrons. The maximum atomic E-state index is 13.6. The number of nitrogens with one attached hydrogen (secondary N) is 2. The average molecular weight is 412 g/mol. The largest absolute Gasteiger partial charge is 0.416 e. The highest BCUT2D eigenvalue weighted by Gasteiger charge is 2.31. The summed E-state index contributed by atoms with van der Waals surface area (Å²) in [5, 5.41) is 11.1. The number of rotatable bonds is 5. The lowest BCUT2D eigenvalue weighted by atomic mass is 10.1. The van der Waals surface area contributed by atoms with Crippen LogP contribution < -0.4 is 5.32 Å². The van der Waals surface area contributed by atoms with Gasteiger partial charge >= 0.3 is 6.18 Å². The number of fused-ring (bicyclic) bond motifs is 1. The summed E-state index contributed by atoms with van der Waals surface area (Å²) in [4.78, 5) is 4.22. The number of H-pyrrole nitrogens is 1. The first-order chi connectivity index (χ1) is 14.4. The molecule has 0 aliphatic heterocycles. The minimum absolute atomic E-state index is 0.0449. The number of halogens is 4. The highest BCUT2D eigenvalue weighted by molar-refractivity contribution is 5.91. The van der Waals surface area contributed by atoms with Gasteiger partial charge in [-0.3, -0.25) is 10.1 Å². The molecule has 0 unspecified atom stereocenters. The minimum atomic E-state index is -4.60. The molecule has 4 rings (SSSR count). The first-order valence-corrected chi connectivity index (χ1v) is 9.06. The van der Waals surface area contributed by atoms with Gasteiger partial charge in [0.05, 0.1) is 22.5 Å². The summed E-state index contributed by atoms with van der Waals surface area (Å²) >= 11 is 0. The van der Waals surface area contributed by atoms with E-state index >= 15 is 0 Å². The fourth-order valence-corrected chi connectivity index (χ4v) is 3.03. The maximum absolute atomic E-state index is 13.6. The molecule has 30 heavy (non-hydrogen) atoms. The zero-order valence-corrected chi connectivity index (χ0v) is 15.5. The van der Waals surface area contributed by atoms with Crippen molar-refractivity contribution in [1.29, 1.82) is 0 Å². The fraction of sp³-hybridized carbons (Fsp3) is 0.0909. The second-order valence-electron chi connectivity index (χ2n) is 6.66. The van der Waals surface area contributed by atoms with Gasteiger partial charge in [0.15, 0.2) is 0 Å². The topological polar surface area (TPSA) is 53.6 Å². The Balaban J connectivity index is 1.54. The Morgan fingerprint density at radius 1 is 1.00 bits per heavy atom. The standard InChI is InChI=1S/C22H16F4N4/c23-16-10-14(9-15(11-16)22(24,25)26)13-28-18-5-7-21-19(12-18)20(29-30-21)6-4-17-3-1-2-8-27-17/h1-12,28H,13H2,(H,29,30)/b6-4+. The number of pyridine rings is 1. The molecule has 0 bridgehead atoms. The first-order valence-electron chi connectivity index (χ1n) is 9.06. The van der Waals surface area contributed by atoms with Crippen molar-refractivity contribution in [3.8, 4) is 0 Å². The molecular formula is C22H16F4N4. The molecule has 2 N–H and O–H groups in total. The third kappa shape index (κ3) is 4.48. The van der Waals surface area contributed by atoms with E-state index in [0.717, 1.165) is 28.7 Å². The van der Waals surface area contributed by atoms with E-state index in [4.69, 9.17) is 0 Å². The molecule has 2 aromatic heterocycles. The van der Waals surface area contributed by atoms with E-state index in [-0.39, 0.29) is 12.1 Å². The zero-order chi connectivity index (χ0) is 21.1. The highest BCUT2D eigenvalue weighted by atomic mass is 19.4. The van der Waals surface area contributed by atoms with Crippen LogP contribution in [0.3, 0.4) is 0 Å². The lowest BCUT2D eigenvalue weighted by Crippen LogP contribution is -2.08. The van der Waals surface area contributed by atoms with E-state index in [2.05, 4.69) is 20.5 Å². The van der Waals surface area contributed by atoms with Crippen LogP contribution in [-0.4, -0.2) is 15.2 Å². The van der Waals surface area contributed by atoms with Gasteiger partial charge in [-0.1, -0.05) is 6.07 Å². The van der Waals surface area contributed by atoms with E-state index in [9.17, 15) is 17.6 Å². The summed E-state index contributed by atoms with van der Waals surface area (Å²) in [5.41, 5.74) is 2.16. The Morgan fingerprint density at radius 3 is 2.63 bits per heavy atom. The van der Waals surface area contributed by atoms with Crippen molar-refractivity contribution in [3.05, 3.63) is 89.1 Å². The van der Waals surface area contributed by atoms with Crippen molar-refractivity contribution >= 4 is 28.7 Å². The normalized spacial score (nSPS) is 12.0. The summed E-state index contributed by atoms with van der Waals surface area (Å²) in [6.45, 7) is 0.0449. The van der Waals surface area contributed by atoms with Crippen molar-refractivity contribution < 1.29 is 17.6 Å². The van der Waals surface area contributed by atoms with Crippen LogP contribution in [-0.2, 0) is 12.7 Å². The van der Waals surface area contributed by atoms with Crippen LogP contribution in [0.1, 0.15) is 22.5 Å². The van der Waals surface area contributed by atoms with Crippen molar-refractivity contribution in [2.24, 2.45) is 0 Å². The molecule has 0 aliphatic carbocycles. The smallest absolute Gasteiger partial charge is 0.381 e. The summed E-state index contributed by atoms with van der Waals surface area (Å²) in [7, 11) is 0. The van der Waals surface area contributed by atoms with E-state index in [1.54, 1.807) is 12.3 Å². The van der Waals surface area contributed by atoms with Gasteiger partial charge in [0, 0.05) is 23.8 Å². The van der Waals surface area contributed by atoms with Gasteiger partial charge < -0.3 is 5.32 Å². The number of aromatic nitrogens is 3. The molecule has 0 atom stereocenters. The predicted molar refractivity (Wildman–Crippen MR) is 108 cm³/mol. The molecule has 0 aliphatic rings. The Labute approximate surface area is 169 Å². The SMILES string of the molecule is Fc1cc(CNc2ccc3[nH]nc(/C=C/c4ccccn4)c3c2)cc(C(F)(F)F)c1. The summed E-state index contributed by atoms with van der Waals surface area (Å²) < 4.78 is 52.2. The van der Waals surface area contributed by atoms with Crippen LogP contribution in [0.15, 0.2) is 60.8 Å². The van der Waals surface area contributed by atoms with E-state index in [1.165, 1.54) is 0 Å². The number of nitrogens with zero attached hydrogens (tertiary/aromatic N) is 2. The van der Waals surface area contributed by atoms with Crippen LogP contribution in [0, 0.1) is 5.82 Å². The summed E-state index contributed by atoms with van der Waals surface area (Å²) in [6, 6.07) is 13.5. The zero-order valence-electron chi connectivity index (χ0n) is 15.5. The Morgan fingerprint density at radius 2 is 1.87 bits per heavy atom. The molecule has 2 heterocycles. The molecule has 8 heteroatoms. The third-order valence-electron chi connectivity index (χ3n) is 4.47. The molecule has 0 saturated heterocycles. The van der Waals surface area contributed by atoms with E-state index in [1.807, 2.05) is 42.5 Å². The molecule has 0 radical (unpaired) electrons. The second-order valence-corrected chi connectivity index (χ2v) is 6.66. The molecule has 0 saturated carbocycles. The summed E-state index contributed by atoms with van der Waals surface area (Å²) in [5.74, 6) is -0.922. The molecule has 2 aromatic carbocycles. The van der Waals surface area contributed by atoms with Crippen LogP contribution >= 0.6 is 0 Å². The lowest BCUT2D eigenvalue weighted by molar-refractivity contribution is -0.137. The van der Waals surface area contributed by atoms with Crippen molar-refractivity contribution in [1.82, 2.24) is 15.2 Å². The van der Waals surface area contributed by atoms with Gasteiger partial charge in [-0.05, 0) is 66.2 Å². The second kappa shape index (κ2) is 7.98. The molecule has 4 nitrogen and oxygen atoms in total. The molecular weight excluding hydrogens is 396 g/mol. The predicted octanol–water partition coefficient (Wildman–Crippen LogP) is 5.90. The maximum Gasteiger partial charge on any atom is 0.416 e. The Kier molecular flexibility index (Phi) is 5.22. The number of alkyl halides is 3. The van der Waals surface area contributed by atoms with Crippen LogP contribution in [0.4, 0.5) is 23.2 Å². The van der Waals surface area contributed by atoms with E-state index < -0.39 is 17.6 Å². The van der Waals surface area contributed by atoms with Gasteiger partial charge in [0.25, 0.3) is 0 Å². The van der Waals surface area contributed by atoms with E-state index in [0.29, 0.717) is 17.4 Å². The third-order valence-corrected chi connectivity index (χ3v) is 4.47. The van der Waals surface area contributed by atoms with Crippen molar-refractivity contribution in [2.75, 3.05) is 5.32 Å². The van der Waals surface area contributed by atoms with Crippen LogP contribution in [0.25, 0.3) is 23.1 Å². The minimum Gasteiger partial charge on any atom is -0.381 e. The monoisotopic (exact) mass is 412 g/mol. The average Bonchev–Trinajstić information content (AvgIpc) is 3.13. The number of anilines is 1. The molecule has 0 fully saturated rings. The number of hydrogen-bond donors (Lipinski definition) is 2. The fourth-order valence-electron chi connectivity index (χ4n) is 3.03. The van der Waals surface area contributed by atoms with Gasteiger partial charge in [0.2, 0.25) is 0 Å².